The van der Waals surface area contributed by atoms with Crippen molar-refractivity contribution < 1.29 is 41.8 Å². The molecule has 2 unspecified atom stereocenters. The molecule has 1 aliphatic heterocycles. The van der Waals surface area contributed by atoms with E-state index in [1.807, 2.05) is 0 Å². The summed E-state index contributed by atoms with van der Waals surface area (Å²) in [6.45, 7) is 8.26. The molecule has 1 fully saturated rings. The molecule has 2 N–H and O–H groups in total. The first-order valence-electron chi connectivity index (χ1n) is 12.3. The van der Waals surface area contributed by atoms with Gasteiger partial charge in [0.25, 0.3) is 5.56 Å². The third kappa shape index (κ3) is 6.92. The van der Waals surface area contributed by atoms with Crippen LogP contribution in [0.5, 0.6) is 5.75 Å². The normalized spacial score (nSPS) is 25.6. The van der Waals surface area contributed by atoms with Crippen molar-refractivity contribution >= 4 is 19.5 Å². The van der Waals surface area contributed by atoms with Crippen LogP contribution in [-0.4, -0.2) is 62.2 Å². The van der Waals surface area contributed by atoms with Crippen LogP contribution in [-0.2, 0) is 23.4 Å². The molecule has 0 bridgehead atoms. The molecular formula is C25H32F2N3O9P. The number of carbonyl (C=O) groups excluding carboxylic acids is 1. The van der Waals surface area contributed by atoms with Gasteiger partial charge in [0.1, 0.15) is 35.6 Å². The maximum atomic E-state index is 15.8. The monoisotopic (exact) mass is 587 g/mol. The molecule has 2 heterocycles. The Morgan fingerprint density at radius 2 is 1.90 bits per heavy atom. The van der Waals surface area contributed by atoms with Crippen molar-refractivity contribution in [1.82, 2.24) is 9.55 Å². The standard InChI is InChI=1S/C25H32F2N3O9P/c1-14(2)36-21(33)15(3)28-13-40(35,38-16-10-8-7-9-11-16)39-24(4,5)19-18(31)25(6,27)22(37-19)30-12-17(26)20(32)29-23(30)34/h7-15,18-19,22,31H,1-6H3,(H,29,32,34)/t15-,18-,19-,22+,25?,40?/m0/s1. The van der Waals surface area contributed by atoms with E-state index in [1.165, 1.54) is 32.9 Å². The number of alkyl halides is 1. The lowest BCUT2D eigenvalue weighted by Crippen LogP contribution is -2.49. The number of aliphatic hydroxyl groups excluding tert-OH is 1. The minimum absolute atomic E-state index is 0.113. The van der Waals surface area contributed by atoms with E-state index in [9.17, 15) is 28.4 Å². The maximum absolute atomic E-state index is 15.8. The van der Waals surface area contributed by atoms with E-state index in [2.05, 4.69) is 4.99 Å². The van der Waals surface area contributed by atoms with Crippen LogP contribution in [0.1, 0.15) is 47.8 Å². The van der Waals surface area contributed by atoms with Crippen molar-refractivity contribution in [3.8, 4) is 5.75 Å². The van der Waals surface area contributed by atoms with E-state index in [0.29, 0.717) is 10.8 Å². The van der Waals surface area contributed by atoms with Gasteiger partial charge in [-0.1, -0.05) is 18.2 Å². The van der Waals surface area contributed by atoms with Crippen molar-refractivity contribution in [2.75, 3.05) is 0 Å². The van der Waals surface area contributed by atoms with Gasteiger partial charge in [0.15, 0.2) is 11.9 Å². The molecule has 0 amide bonds. The fourth-order valence-electron chi connectivity index (χ4n) is 3.95. The molecule has 12 nitrogen and oxygen atoms in total. The molecule has 1 aliphatic rings. The van der Waals surface area contributed by atoms with E-state index in [0.717, 1.165) is 12.9 Å². The Balaban J connectivity index is 1.95. The van der Waals surface area contributed by atoms with Crippen LogP contribution in [0.15, 0.2) is 51.1 Å². The molecule has 2 aromatic rings. The number of benzene rings is 1. The topological polar surface area (TPSA) is 159 Å². The van der Waals surface area contributed by atoms with Crippen LogP contribution in [0.4, 0.5) is 8.78 Å². The fourth-order valence-corrected chi connectivity index (χ4v) is 5.62. The second-order valence-corrected chi connectivity index (χ2v) is 11.9. The van der Waals surface area contributed by atoms with Gasteiger partial charge in [0.05, 0.1) is 12.3 Å². The summed E-state index contributed by atoms with van der Waals surface area (Å²) in [6.07, 6.45) is -5.45. The van der Waals surface area contributed by atoms with E-state index >= 15 is 4.39 Å². The number of nitrogens with one attached hydrogen (secondary N) is 1. The highest BCUT2D eigenvalue weighted by molar-refractivity contribution is 7.70. The number of H-pyrrole nitrogens is 1. The summed E-state index contributed by atoms with van der Waals surface area (Å²) in [5, 5.41) is 10.9. The van der Waals surface area contributed by atoms with Gasteiger partial charge in [-0.05, 0) is 53.7 Å². The minimum atomic E-state index is -4.42. The molecule has 0 radical (unpaired) electrons. The Bertz CT molecular complexity index is 1410. The summed E-state index contributed by atoms with van der Waals surface area (Å²) in [7, 11) is -4.42. The zero-order valence-corrected chi connectivity index (χ0v) is 23.6. The molecular weight excluding hydrogens is 555 g/mol. The van der Waals surface area contributed by atoms with Gasteiger partial charge in [0.2, 0.25) is 5.82 Å². The third-order valence-corrected chi connectivity index (χ3v) is 7.56. The Morgan fingerprint density at radius 3 is 2.50 bits per heavy atom. The summed E-state index contributed by atoms with van der Waals surface area (Å²) < 4.78 is 66.3. The highest BCUT2D eigenvalue weighted by Gasteiger charge is 2.60. The molecule has 15 heteroatoms. The number of ether oxygens (including phenoxy) is 2. The van der Waals surface area contributed by atoms with Crippen molar-refractivity contribution in [3.05, 3.63) is 63.2 Å². The number of para-hydroxylation sites is 1. The molecule has 6 atom stereocenters. The molecule has 0 spiro atoms. The summed E-state index contributed by atoms with van der Waals surface area (Å²) in [6, 6.07) is 6.78. The third-order valence-electron chi connectivity index (χ3n) is 5.95. The van der Waals surface area contributed by atoms with Gasteiger partial charge in [-0.25, -0.2) is 18.5 Å². The number of rotatable bonds is 10. The lowest BCUT2D eigenvalue weighted by molar-refractivity contribution is -0.148. The van der Waals surface area contributed by atoms with Crippen LogP contribution < -0.4 is 15.8 Å². The number of aliphatic hydroxyl groups is 1. The van der Waals surface area contributed by atoms with Gasteiger partial charge < -0.3 is 19.1 Å². The molecule has 1 aromatic carbocycles. The number of aromatic nitrogens is 2. The van der Waals surface area contributed by atoms with E-state index in [1.54, 1.807) is 37.0 Å². The van der Waals surface area contributed by atoms with Gasteiger partial charge in [-0.2, -0.15) is 4.39 Å². The largest absolute Gasteiger partial charge is 0.461 e. The lowest BCUT2D eigenvalue weighted by atomic mass is 9.90. The second-order valence-electron chi connectivity index (χ2n) is 10.2. The first kappa shape index (κ1) is 31.3. The summed E-state index contributed by atoms with van der Waals surface area (Å²) in [5.74, 6) is -1.15. The van der Waals surface area contributed by atoms with Crippen LogP contribution >= 0.6 is 7.60 Å². The SMILES string of the molecule is CC(C)OC(=O)[C@H](C)N=CP(=O)(Oc1ccccc1)OC(C)(C)[C@H]1O[C@@H](n2cc(F)c(=O)[nH]c2=O)C(C)(F)[C@H]1O. The molecule has 1 aromatic heterocycles. The van der Waals surface area contributed by atoms with Crippen molar-refractivity contribution in [1.29, 1.82) is 0 Å². The minimum Gasteiger partial charge on any atom is -0.461 e. The van der Waals surface area contributed by atoms with Crippen molar-refractivity contribution in [2.45, 2.75) is 83.4 Å². The van der Waals surface area contributed by atoms with Crippen molar-refractivity contribution in [3.63, 3.8) is 0 Å². The zero-order chi connectivity index (χ0) is 30.0. The van der Waals surface area contributed by atoms with Crippen LogP contribution in [0, 0.1) is 5.82 Å². The molecule has 1 saturated heterocycles. The van der Waals surface area contributed by atoms with Gasteiger partial charge >= 0.3 is 19.3 Å². The predicted molar refractivity (Wildman–Crippen MR) is 140 cm³/mol. The Hall–Kier alpha value is -3.19. The highest BCUT2D eigenvalue weighted by Crippen LogP contribution is 2.53. The van der Waals surface area contributed by atoms with Crippen LogP contribution in [0.2, 0.25) is 0 Å². The Labute approximate surface area is 228 Å². The van der Waals surface area contributed by atoms with E-state index in [4.69, 9.17) is 18.5 Å². The number of nitrogens with zero attached hydrogens (tertiary/aromatic N) is 2. The number of aliphatic imine (C=N–C) groups is 1. The number of esters is 1. The quantitative estimate of drug-likeness (QED) is 0.242. The van der Waals surface area contributed by atoms with Crippen molar-refractivity contribution in [2.24, 2.45) is 4.99 Å². The fraction of sp³-hybridized carbons (Fsp3) is 0.520. The van der Waals surface area contributed by atoms with Crippen LogP contribution in [0.3, 0.4) is 0 Å². The molecule has 0 aliphatic carbocycles. The number of carbonyl (C=O) groups is 1. The van der Waals surface area contributed by atoms with Crippen LogP contribution in [0.25, 0.3) is 0 Å². The average molecular weight is 588 g/mol. The lowest BCUT2D eigenvalue weighted by Gasteiger charge is -2.35. The smallest absolute Gasteiger partial charge is 0.421 e. The second kappa shape index (κ2) is 11.7. The molecule has 220 valence electrons. The zero-order valence-electron chi connectivity index (χ0n) is 22.7. The number of hydrogen-bond donors (Lipinski definition) is 2. The van der Waals surface area contributed by atoms with E-state index < -0.39 is 72.5 Å². The summed E-state index contributed by atoms with van der Waals surface area (Å²) in [4.78, 5) is 41.6. The predicted octanol–water partition coefficient (Wildman–Crippen LogP) is 3.10. The highest BCUT2D eigenvalue weighted by atomic mass is 31.2. The Morgan fingerprint density at radius 1 is 1.27 bits per heavy atom. The first-order valence-corrected chi connectivity index (χ1v) is 13.9. The first-order chi connectivity index (χ1) is 18.5. The Kier molecular flexibility index (Phi) is 9.19. The number of halogens is 2. The van der Waals surface area contributed by atoms with Gasteiger partial charge in [-0.15, -0.1) is 0 Å². The molecule has 40 heavy (non-hydrogen) atoms. The summed E-state index contributed by atoms with van der Waals surface area (Å²) >= 11 is 0. The number of aromatic amines is 1. The summed E-state index contributed by atoms with van der Waals surface area (Å²) in [5.41, 5.74) is -7.00. The maximum Gasteiger partial charge on any atom is 0.421 e. The van der Waals surface area contributed by atoms with Gasteiger partial charge in [-0.3, -0.25) is 23.9 Å². The number of hydrogen-bond acceptors (Lipinski definition) is 10. The molecule has 0 saturated carbocycles. The van der Waals surface area contributed by atoms with E-state index in [-0.39, 0.29) is 5.75 Å². The molecule has 3 rings (SSSR count). The average Bonchev–Trinajstić information content (AvgIpc) is 3.09. The van der Waals surface area contributed by atoms with Gasteiger partial charge in [0, 0.05) is 0 Å².